The minimum absolute atomic E-state index is 0.174. The van der Waals surface area contributed by atoms with E-state index in [2.05, 4.69) is 22.2 Å². The molecule has 0 bridgehead atoms. The number of nitrogen functional groups attached to an aromatic ring is 1. The summed E-state index contributed by atoms with van der Waals surface area (Å²) in [7, 11) is 0. The van der Waals surface area contributed by atoms with Crippen molar-refractivity contribution in [3.05, 3.63) is 45.6 Å². The molecule has 0 saturated heterocycles. The lowest BCUT2D eigenvalue weighted by Crippen LogP contribution is -2.18. The molecule has 132 valence electrons. The van der Waals surface area contributed by atoms with Crippen molar-refractivity contribution in [2.45, 2.75) is 38.6 Å². The minimum Gasteiger partial charge on any atom is -0.368 e. The Balaban J connectivity index is 1.87. The lowest BCUT2D eigenvalue weighted by atomic mass is 10.1. The Morgan fingerprint density at radius 3 is 2.72 bits per heavy atom. The monoisotopic (exact) mass is 376 g/mol. The summed E-state index contributed by atoms with van der Waals surface area (Å²) < 4.78 is 0. The van der Waals surface area contributed by atoms with Gasteiger partial charge in [-0.2, -0.15) is 4.98 Å². The smallest absolute Gasteiger partial charge is 0.223 e. The average molecular weight is 377 g/mol. The maximum absolute atomic E-state index is 6.33. The molecule has 2 atom stereocenters. The van der Waals surface area contributed by atoms with Crippen LogP contribution in [0.4, 0.5) is 11.8 Å². The van der Waals surface area contributed by atoms with Crippen LogP contribution in [0.3, 0.4) is 0 Å². The van der Waals surface area contributed by atoms with Crippen molar-refractivity contribution in [2.75, 3.05) is 11.1 Å². The van der Waals surface area contributed by atoms with Crippen LogP contribution in [0.1, 0.15) is 43.7 Å². The zero-order valence-corrected chi connectivity index (χ0v) is 15.7. The van der Waals surface area contributed by atoms with Gasteiger partial charge in [0, 0.05) is 11.1 Å². The molecule has 1 heterocycles. The Hall–Kier alpha value is -1.78. The van der Waals surface area contributed by atoms with E-state index in [1.54, 1.807) is 0 Å². The van der Waals surface area contributed by atoms with Crippen LogP contribution in [-0.4, -0.2) is 16.0 Å². The maximum atomic E-state index is 6.33. The molecule has 2 aromatic rings. The number of hydrogen-bond donors (Lipinski definition) is 2. The molecule has 0 amide bonds. The second-order valence-corrected chi connectivity index (χ2v) is 7.18. The maximum Gasteiger partial charge on any atom is 0.223 e. The summed E-state index contributed by atoms with van der Waals surface area (Å²) >= 11 is 12.5. The molecule has 1 aliphatic carbocycles. The summed E-state index contributed by atoms with van der Waals surface area (Å²) in [5.41, 5.74) is 7.44. The van der Waals surface area contributed by atoms with Crippen molar-refractivity contribution in [3.63, 3.8) is 0 Å². The lowest BCUT2D eigenvalue weighted by molar-refractivity contribution is 0.524. The van der Waals surface area contributed by atoms with Crippen LogP contribution >= 0.6 is 23.2 Å². The minimum atomic E-state index is 0.174. The molecule has 0 unspecified atom stereocenters. The van der Waals surface area contributed by atoms with Crippen LogP contribution < -0.4 is 11.1 Å². The molecule has 0 radical (unpaired) electrons. The molecular formula is C19H22Cl2N4. The summed E-state index contributed by atoms with van der Waals surface area (Å²) in [6, 6.07) is 8.03. The average Bonchev–Trinajstić information content (AvgIpc) is 3.03. The summed E-state index contributed by atoms with van der Waals surface area (Å²) in [5.74, 6) is 1.63. The van der Waals surface area contributed by atoms with Crippen molar-refractivity contribution >= 4 is 47.1 Å². The summed E-state index contributed by atoms with van der Waals surface area (Å²) in [4.78, 5) is 8.45. The molecule has 1 aromatic heterocycles. The zero-order chi connectivity index (χ0) is 17.8. The van der Waals surface area contributed by atoms with Crippen molar-refractivity contribution in [2.24, 2.45) is 5.92 Å². The summed E-state index contributed by atoms with van der Waals surface area (Å²) in [6.07, 6.45) is 8.53. The number of nitrogens with zero attached hydrogens (tertiary/aromatic N) is 2. The van der Waals surface area contributed by atoms with Gasteiger partial charge in [0.2, 0.25) is 5.95 Å². The Morgan fingerprint density at radius 2 is 2.00 bits per heavy atom. The molecule has 1 aliphatic rings. The summed E-state index contributed by atoms with van der Waals surface area (Å²) in [6.45, 7) is 2.24. The molecule has 1 fully saturated rings. The standard InChI is InChI=1S/C19H22Cl2N4/c1-2-12-7-9-14(11-12)23-18-15(17(21)24-19(22)25-18)10-8-13-5-3-4-6-16(13)20/h3-6,8,10,12,14H,2,7,9,11H2,1H3,(H3,22,23,24,25)/b10-8+/t12-,14+/m1/s1. The first-order chi connectivity index (χ1) is 12.1. The topological polar surface area (TPSA) is 63.8 Å². The predicted molar refractivity (Wildman–Crippen MR) is 107 cm³/mol. The van der Waals surface area contributed by atoms with Gasteiger partial charge in [0.05, 0.1) is 5.56 Å². The van der Waals surface area contributed by atoms with Gasteiger partial charge in [0.25, 0.3) is 0 Å². The van der Waals surface area contributed by atoms with Gasteiger partial charge in [-0.05, 0) is 42.9 Å². The highest BCUT2D eigenvalue weighted by Crippen LogP contribution is 2.32. The normalized spacial score (nSPS) is 20.3. The zero-order valence-electron chi connectivity index (χ0n) is 14.2. The van der Waals surface area contributed by atoms with E-state index in [1.807, 2.05) is 36.4 Å². The highest BCUT2D eigenvalue weighted by molar-refractivity contribution is 6.32. The molecule has 3 N–H and O–H groups in total. The van der Waals surface area contributed by atoms with Gasteiger partial charge in [-0.25, -0.2) is 4.98 Å². The van der Waals surface area contributed by atoms with E-state index >= 15 is 0 Å². The van der Waals surface area contributed by atoms with Crippen molar-refractivity contribution in [1.82, 2.24) is 9.97 Å². The molecule has 1 saturated carbocycles. The van der Waals surface area contributed by atoms with Crippen molar-refractivity contribution in [1.29, 1.82) is 0 Å². The van der Waals surface area contributed by atoms with Crippen LogP contribution in [0.2, 0.25) is 10.2 Å². The van der Waals surface area contributed by atoms with E-state index in [4.69, 9.17) is 28.9 Å². The third kappa shape index (κ3) is 4.44. The first kappa shape index (κ1) is 18.0. The van der Waals surface area contributed by atoms with Gasteiger partial charge in [-0.3, -0.25) is 0 Å². The largest absolute Gasteiger partial charge is 0.368 e. The number of anilines is 2. The van der Waals surface area contributed by atoms with Crippen LogP contribution in [0.5, 0.6) is 0 Å². The summed E-state index contributed by atoms with van der Waals surface area (Å²) in [5, 5.41) is 4.53. The van der Waals surface area contributed by atoms with Crippen molar-refractivity contribution < 1.29 is 0 Å². The predicted octanol–water partition coefficient (Wildman–Crippen LogP) is 5.53. The Labute approximate surface area is 158 Å². The van der Waals surface area contributed by atoms with E-state index in [-0.39, 0.29) is 5.95 Å². The third-order valence-electron chi connectivity index (χ3n) is 4.71. The third-order valence-corrected chi connectivity index (χ3v) is 5.34. The van der Waals surface area contributed by atoms with Crippen molar-refractivity contribution in [3.8, 4) is 0 Å². The van der Waals surface area contributed by atoms with Gasteiger partial charge in [0.1, 0.15) is 11.0 Å². The second-order valence-electron chi connectivity index (χ2n) is 6.42. The first-order valence-corrected chi connectivity index (χ1v) is 9.34. The number of nitrogens with one attached hydrogen (secondary N) is 1. The number of nitrogens with two attached hydrogens (primary N) is 1. The Kier molecular flexibility index (Phi) is 5.82. The molecule has 25 heavy (non-hydrogen) atoms. The Bertz CT molecular complexity index is 776. The number of rotatable bonds is 5. The number of halogens is 2. The fraction of sp³-hybridized carbons (Fsp3) is 0.368. The number of hydrogen-bond acceptors (Lipinski definition) is 4. The SMILES string of the molecule is CC[C@@H]1CC[C@H](Nc2nc(N)nc(Cl)c2/C=C/c2ccccc2Cl)C1. The van der Waals surface area contributed by atoms with Gasteiger partial charge in [0.15, 0.2) is 0 Å². The fourth-order valence-electron chi connectivity index (χ4n) is 3.27. The number of benzene rings is 1. The van der Waals surface area contributed by atoms with Crippen LogP contribution in [0.25, 0.3) is 12.2 Å². The molecule has 0 spiro atoms. The van der Waals surface area contributed by atoms with Gasteiger partial charge < -0.3 is 11.1 Å². The van der Waals surface area contributed by atoms with E-state index in [1.165, 1.54) is 12.8 Å². The molecule has 3 rings (SSSR count). The van der Waals surface area contributed by atoms with E-state index < -0.39 is 0 Å². The molecule has 4 nitrogen and oxygen atoms in total. The van der Waals surface area contributed by atoms with Crippen LogP contribution in [0, 0.1) is 5.92 Å². The highest BCUT2D eigenvalue weighted by Gasteiger charge is 2.24. The first-order valence-electron chi connectivity index (χ1n) is 8.59. The fourth-order valence-corrected chi connectivity index (χ4v) is 3.71. The molecule has 6 heteroatoms. The molecule has 1 aromatic carbocycles. The van der Waals surface area contributed by atoms with Crippen LogP contribution in [-0.2, 0) is 0 Å². The quantitative estimate of drug-likeness (QED) is 0.673. The molecule has 0 aliphatic heterocycles. The van der Waals surface area contributed by atoms with E-state index in [9.17, 15) is 0 Å². The highest BCUT2D eigenvalue weighted by atomic mass is 35.5. The van der Waals surface area contributed by atoms with E-state index in [0.29, 0.717) is 22.0 Å². The second kappa shape index (κ2) is 8.07. The van der Waals surface area contributed by atoms with Gasteiger partial charge >= 0.3 is 0 Å². The van der Waals surface area contributed by atoms with E-state index in [0.717, 1.165) is 29.9 Å². The lowest BCUT2D eigenvalue weighted by Gasteiger charge is -2.16. The van der Waals surface area contributed by atoms with Gasteiger partial charge in [-0.15, -0.1) is 0 Å². The molecular weight excluding hydrogens is 355 g/mol. The van der Waals surface area contributed by atoms with Crippen LogP contribution in [0.15, 0.2) is 24.3 Å². The Morgan fingerprint density at radius 1 is 1.20 bits per heavy atom. The number of aromatic nitrogens is 2. The van der Waals surface area contributed by atoms with Gasteiger partial charge in [-0.1, -0.05) is 60.8 Å².